The first-order valence-corrected chi connectivity index (χ1v) is 9.79. The lowest BCUT2D eigenvalue weighted by Crippen LogP contribution is -2.57. The van der Waals surface area contributed by atoms with Crippen molar-refractivity contribution in [1.29, 1.82) is 0 Å². The van der Waals surface area contributed by atoms with Crippen molar-refractivity contribution < 1.29 is 23.8 Å². The molecule has 28 heavy (non-hydrogen) atoms. The number of halogens is 1. The van der Waals surface area contributed by atoms with Gasteiger partial charge in [-0.3, -0.25) is 4.79 Å². The zero-order valence-electron chi connectivity index (χ0n) is 16.8. The highest BCUT2D eigenvalue weighted by Gasteiger charge is 2.59. The minimum atomic E-state index is -0.944. The van der Waals surface area contributed by atoms with Crippen LogP contribution in [0.15, 0.2) is 35.5 Å². The third kappa shape index (κ3) is 3.29. The van der Waals surface area contributed by atoms with E-state index in [1.165, 1.54) is 7.11 Å². The highest BCUT2D eigenvalue weighted by Crippen LogP contribution is 2.52. The molecule has 0 spiro atoms. The number of rotatable bonds is 4. The number of fused-ring (bicyclic) bond motifs is 1. The summed E-state index contributed by atoms with van der Waals surface area (Å²) in [6.07, 6.45) is -0.103. The molecule has 6 nitrogen and oxygen atoms in total. The van der Waals surface area contributed by atoms with Crippen molar-refractivity contribution in [2.45, 2.75) is 45.4 Å². The average Bonchev–Trinajstić information content (AvgIpc) is 2.96. The quantitative estimate of drug-likeness (QED) is 0.712. The van der Waals surface area contributed by atoms with Gasteiger partial charge >= 0.3 is 11.9 Å². The molecule has 0 unspecified atom stereocenters. The predicted molar refractivity (Wildman–Crippen MR) is 105 cm³/mol. The van der Waals surface area contributed by atoms with E-state index < -0.39 is 29.5 Å². The standard InChI is InChI=1S/C21H26ClNO5/c1-6-27-20(25)18-17(14-8-7-9-15(22)10-14)16(19(24)26-5)13(3)23-11-12(2)28-21(18,23)4/h7-10,12,17-18H,6,11H2,1-5H3/t12-,17+,18+,21-/m1/s1. The lowest BCUT2D eigenvalue weighted by atomic mass is 9.71. The van der Waals surface area contributed by atoms with Crippen LogP contribution in [0, 0.1) is 5.92 Å². The molecule has 1 aromatic rings. The third-order valence-electron chi connectivity index (χ3n) is 5.59. The van der Waals surface area contributed by atoms with Crippen LogP contribution < -0.4 is 0 Å². The number of carbonyl (C=O) groups excluding carboxylic acids is 2. The zero-order valence-corrected chi connectivity index (χ0v) is 17.6. The van der Waals surface area contributed by atoms with E-state index in [-0.39, 0.29) is 12.7 Å². The smallest absolute Gasteiger partial charge is 0.336 e. The lowest BCUT2D eigenvalue weighted by Gasteiger charge is -2.48. The summed E-state index contributed by atoms with van der Waals surface area (Å²) in [5, 5.41) is 0.523. The molecule has 1 fully saturated rings. The molecule has 1 saturated heterocycles. The number of ether oxygens (including phenoxy) is 3. The monoisotopic (exact) mass is 407 g/mol. The maximum absolute atomic E-state index is 13.1. The Balaban J connectivity index is 2.28. The van der Waals surface area contributed by atoms with E-state index >= 15 is 0 Å². The van der Waals surface area contributed by atoms with Gasteiger partial charge in [0.25, 0.3) is 0 Å². The molecule has 0 aromatic heterocycles. The van der Waals surface area contributed by atoms with Gasteiger partial charge in [0.1, 0.15) is 5.92 Å². The largest absolute Gasteiger partial charge is 0.466 e. The molecule has 0 N–H and O–H groups in total. The van der Waals surface area contributed by atoms with Gasteiger partial charge in [0.05, 0.1) is 25.4 Å². The van der Waals surface area contributed by atoms with E-state index in [0.717, 1.165) is 11.3 Å². The van der Waals surface area contributed by atoms with E-state index in [4.69, 9.17) is 25.8 Å². The fourth-order valence-electron chi connectivity index (χ4n) is 4.53. The Morgan fingerprint density at radius 3 is 2.71 bits per heavy atom. The summed E-state index contributed by atoms with van der Waals surface area (Å²) in [4.78, 5) is 27.9. The number of nitrogens with zero attached hydrogens (tertiary/aromatic N) is 1. The number of benzene rings is 1. The van der Waals surface area contributed by atoms with E-state index in [1.54, 1.807) is 25.1 Å². The molecule has 1 aromatic carbocycles. The molecule has 2 heterocycles. The molecule has 0 amide bonds. The van der Waals surface area contributed by atoms with Crippen LogP contribution in [-0.4, -0.2) is 48.9 Å². The van der Waals surface area contributed by atoms with Gasteiger partial charge in [0.2, 0.25) is 0 Å². The number of methoxy groups -OCH3 is 1. The maximum Gasteiger partial charge on any atom is 0.336 e. The molecule has 4 atom stereocenters. The zero-order chi connectivity index (χ0) is 20.6. The van der Waals surface area contributed by atoms with E-state index in [2.05, 4.69) is 0 Å². The number of hydrogen-bond donors (Lipinski definition) is 0. The summed E-state index contributed by atoms with van der Waals surface area (Å²) >= 11 is 6.23. The number of hydrogen-bond acceptors (Lipinski definition) is 6. The van der Waals surface area contributed by atoms with Crippen LogP contribution in [0.4, 0.5) is 0 Å². The third-order valence-corrected chi connectivity index (χ3v) is 5.82. The Kier molecular flexibility index (Phi) is 5.73. The number of allylic oxidation sites excluding steroid dienone is 1. The topological polar surface area (TPSA) is 65.1 Å². The lowest BCUT2D eigenvalue weighted by molar-refractivity contribution is -0.177. The van der Waals surface area contributed by atoms with Gasteiger partial charge < -0.3 is 19.1 Å². The van der Waals surface area contributed by atoms with Gasteiger partial charge in [0.15, 0.2) is 5.72 Å². The van der Waals surface area contributed by atoms with Crippen LogP contribution >= 0.6 is 11.6 Å². The van der Waals surface area contributed by atoms with Crippen LogP contribution in [0.3, 0.4) is 0 Å². The summed E-state index contributed by atoms with van der Waals surface area (Å²) in [7, 11) is 1.34. The van der Waals surface area contributed by atoms with Gasteiger partial charge in [-0.25, -0.2) is 4.79 Å². The molecular formula is C21H26ClNO5. The Hall–Kier alpha value is -2.05. The minimum absolute atomic E-state index is 0.103. The first-order chi connectivity index (χ1) is 13.2. The molecule has 2 aliphatic rings. The van der Waals surface area contributed by atoms with E-state index in [9.17, 15) is 9.59 Å². The molecular weight excluding hydrogens is 382 g/mol. The summed E-state index contributed by atoms with van der Waals surface area (Å²) < 4.78 is 16.8. The second-order valence-electron chi connectivity index (χ2n) is 7.35. The summed E-state index contributed by atoms with van der Waals surface area (Å²) in [5.41, 5.74) is 0.969. The Morgan fingerprint density at radius 1 is 1.39 bits per heavy atom. The molecule has 7 heteroatoms. The molecule has 2 aliphatic heterocycles. The molecule has 0 radical (unpaired) electrons. The predicted octanol–water partition coefficient (Wildman–Crippen LogP) is 3.50. The summed E-state index contributed by atoms with van der Waals surface area (Å²) in [6.45, 7) is 8.26. The fraction of sp³-hybridized carbons (Fsp3) is 0.524. The number of carbonyl (C=O) groups is 2. The molecule has 0 bridgehead atoms. The van der Waals surface area contributed by atoms with Crippen LogP contribution in [-0.2, 0) is 23.8 Å². The molecule has 3 rings (SSSR count). The van der Waals surface area contributed by atoms with Crippen molar-refractivity contribution in [3.8, 4) is 0 Å². The van der Waals surface area contributed by atoms with Crippen LogP contribution in [0.1, 0.15) is 39.2 Å². The number of esters is 2. The molecule has 152 valence electrons. The molecule has 0 saturated carbocycles. The first-order valence-electron chi connectivity index (χ1n) is 9.41. The van der Waals surface area contributed by atoms with E-state index in [1.807, 2.05) is 31.7 Å². The van der Waals surface area contributed by atoms with Gasteiger partial charge in [-0.15, -0.1) is 0 Å². The molecule has 0 aliphatic carbocycles. The van der Waals surface area contributed by atoms with Crippen molar-refractivity contribution in [2.24, 2.45) is 5.92 Å². The normalized spacial score (nSPS) is 29.5. The van der Waals surface area contributed by atoms with Crippen LogP contribution in [0.5, 0.6) is 0 Å². The minimum Gasteiger partial charge on any atom is -0.466 e. The maximum atomic E-state index is 13.1. The van der Waals surface area contributed by atoms with Crippen LogP contribution in [0.25, 0.3) is 0 Å². The van der Waals surface area contributed by atoms with Crippen molar-refractivity contribution >= 4 is 23.5 Å². The Bertz CT molecular complexity index is 823. The Labute approximate surface area is 170 Å². The SMILES string of the molecule is CCOC(=O)[C@@H]1[C@@H](c2cccc(Cl)c2)C(C(=O)OC)=C(C)N2C[C@@H](C)O[C@]12C. The fourth-order valence-corrected chi connectivity index (χ4v) is 4.73. The Morgan fingerprint density at radius 2 is 2.11 bits per heavy atom. The first kappa shape index (κ1) is 20.7. The highest BCUT2D eigenvalue weighted by molar-refractivity contribution is 6.30. The van der Waals surface area contributed by atoms with Crippen molar-refractivity contribution in [2.75, 3.05) is 20.3 Å². The van der Waals surface area contributed by atoms with Crippen molar-refractivity contribution in [3.05, 3.63) is 46.1 Å². The van der Waals surface area contributed by atoms with E-state index in [0.29, 0.717) is 17.1 Å². The second-order valence-corrected chi connectivity index (χ2v) is 7.78. The van der Waals surface area contributed by atoms with Gasteiger partial charge in [-0.05, 0) is 45.4 Å². The van der Waals surface area contributed by atoms with Crippen molar-refractivity contribution in [3.63, 3.8) is 0 Å². The van der Waals surface area contributed by atoms with Gasteiger partial charge in [0, 0.05) is 23.2 Å². The van der Waals surface area contributed by atoms with Gasteiger partial charge in [-0.2, -0.15) is 0 Å². The van der Waals surface area contributed by atoms with Crippen molar-refractivity contribution in [1.82, 2.24) is 4.90 Å². The highest BCUT2D eigenvalue weighted by atomic mass is 35.5. The second kappa shape index (κ2) is 7.76. The van der Waals surface area contributed by atoms with Crippen LogP contribution in [0.2, 0.25) is 5.02 Å². The van der Waals surface area contributed by atoms with Gasteiger partial charge in [-0.1, -0.05) is 23.7 Å². The summed E-state index contributed by atoms with van der Waals surface area (Å²) in [5.74, 6) is -2.24. The summed E-state index contributed by atoms with van der Waals surface area (Å²) in [6, 6.07) is 7.18. The average molecular weight is 408 g/mol.